The first-order valence-electron chi connectivity index (χ1n) is 5.07. The van der Waals surface area contributed by atoms with E-state index in [1.807, 2.05) is 6.92 Å². The van der Waals surface area contributed by atoms with E-state index in [4.69, 9.17) is 0 Å². The minimum absolute atomic E-state index is 0.204. The highest BCUT2D eigenvalue weighted by Crippen LogP contribution is 2.21. The molecule has 1 heterocycles. The molecule has 1 N–H and O–H groups in total. The van der Waals surface area contributed by atoms with Gasteiger partial charge in [0.05, 0.1) is 5.69 Å². The number of aryl methyl sites for hydroxylation is 2. The van der Waals surface area contributed by atoms with Gasteiger partial charge in [-0.25, -0.2) is 9.37 Å². The molecule has 0 atom stereocenters. The second-order valence-electron chi connectivity index (χ2n) is 3.64. The molecule has 2 rings (SSSR count). The van der Waals surface area contributed by atoms with E-state index < -0.39 is 0 Å². The molecule has 1 aromatic heterocycles. The summed E-state index contributed by atoms with van der Waals surface area (Å²) in [6.45, 7) is 4.72. The van der Waals surface area contributed by atoms with Crippen LogP contribution in [0.25, 0.3) is 0 Å². The van der Waals surface area contributed by atoms with Gasteiger partial charge in [0.2, 0.25) is 0 Å². The van der Waals surface area contributed by atoms with Crippen molar-refractivity contribution in [3.63, 3.8) is 0 Å². The lowest BCUT2D eigenvalue weighted by Crippen LogP contribution is -1.98. The van der Waals surface area contributed by atoms with Crippen LogP contribution < -0.4 is 5.32 Å². The Morgan fingerprint density at radius 2 is 1.94 bits per heavy atom. The van der Waals surface area contributed by atoms with Crippen LogP contribution >= 0.6 is 11.3 Å². The van der Waals surface area contributed by atoms with Crippen LogP contribution in [-0.2, 0) is 6.54 Å². The average molecular weight is 236 g/mol. The maximum absolute atomic E-state index is 12.7. The molecule has 0 fully saturated rings. The summed E-state index contributed by atoms with van der Waals surface area (Å²) >= 11 is 1.64. The third-order valence-corrected chi connectivity index (χ3v) is 3.42. The zero-order valence-electron chi connectivity index (χ0n) is 9.25. The quantitative estimate of drug-likeness (QED) is 0.882. The van der Waals surface area contributed by atoms with Gasteiger partial charge in [-0.15, -0.1) is 11.3 Å². The third kappa shape index (κ3) is 2.58. The third-order valence-electron chi connectivity index (χ3n) is 2.39. The molecule has 4 heteroatoms. The lowest BCUT2D eigenvalue weighted by atomic mass is 10.2. The van der Waals surface area contributed by atoms with Crippen LogP contribution in [0, 0.1) is 19.7 Å². The fourth-order valence-corrected chi connectivity index (χ4v) is 2.14. The molecule has 0 saturated heterocycles. The molecule has 0 aliphatic heterocycles. The zero-order valence-corrected chi connectivity index (χ0v) is 10.1. The van der Waals surface area contributed by atoms with Crippen LogP contribution in [0.1, 0.15) is 16.1 Å². The highest BCUT2D eigenvalue weighted by atomic mass is 32.1. The first-order chi connectivity index (χ1) is 7.65. The molecule has 0 bridgehead atoms. The number of nitrogens with one attached hydrogen (secondary N) is 1. The number of hydrogen-bond acceptors (Lipinski definition) is 3. The molecule has 0 aliphatic rings. The summed E-state index contributed by atoms with van der Waals surface area (Å²) in [5.41, 5.74) is 2.11. The summed E-state index contributed by atoms with van der Waals surface area (Å²) in [6.07, 6.45) is 0. The summed E-state index contributed by atoms with van der Waals surface area (Å²) in [6, 6.07) is 6.48. The maximum atomic E-state index is 12.7. The van der Waals surface area contributed by atoms with Crippen molar-refractivity contribution in [2.45, 2.75) is 20.4 Å². The predicted octanol–water partition coefficient (Wildman–Crippen LogP) is 3.51. The number of anilines is 1. The molecule has 2 aromatic rings. The van der Waals surface area contributed by atoms with Gasteiger partial charge in [-0.1, -0.05) is 12.1 Å². The van der Waals surface area contributed by atoms with E-state index >= 15 is 0 Å². The lowest BCUT2D eigenvalue weighted by Gasteiger charge is -2.02. The topological polar surface area (TPSA) is 24.9 Å². The first-order valence-corrected chi connectivity index (χ1v) is 5.89. The minimum atomic E-state index is -0.204. The van der Waals surface area contributed by atoms with Crippen molar-refractivity contribution in [1.29, 1.82) is 0 Å². The molecule has 0 unspecified atom stereocenters. The van der Waals surface area contributed by atoms with E-state index in [-0.39, 0.29) is 5.82 Å². The number of nitrogens with zero attached hydrogens (tertiary/aromatic N) is 1. The van der Waals surface area contributed by atoms with Gasteiger partial charge in [0.1, 0.15) is 5.82 Å². The smallest absolute Gasteiger partial charge is 0.183 e. The summed E-state index contributed by atoms with van der Waals surface area (Å²) in [4.78, 5) is 5.60. The van der Waals surface area contributed by atoms with Gasteiger partial charge in [0.25, 0.3) is 0 Å². The van der Waals surface area contributed by atoms with Crippen molar-refractivity contribution >= 4 is 16.5 Å². The Balaban J connectivity index is 1.99. The Labute approximate surface area is 98.2 Å². The number of hydrogen-bond donors (Lipinski definition) is 1. The van der Waals surface area contributed by atoms with Crippen molar-refractivity contribution in [2.24, 2.45) is 0 Å². The van der Waals surface area contributed by atoms with E-state index in [1.54, 1.807) is 23.5 Å². The fourth-order valence-electron chi connectivity index (χ4n) is 1.33. The molecule has 1 aromatic carbocycles. The molecule has 0 spiro atoms. The molecular formula is C12H13FN2S. The first kappa shape index (κ1) is 11.1. The molecular weight excluding hydrogens is 223 g/mol. The average Bonchev–Trinajstić information content (AvgIpc) is 2.58. The van der Waals surface area contributed by atoms with Crippen LogP contribution in [0.3, 0.4) is 0 Å². The van der Waals surface area contributed by atoms with Gasteiger partial charge < -0.3 is 5.32 Å². The zero-order chi connectivity index (χ0) is 11.5. The van der Waals surface area contributed by atoms with Crippen LogP contribution in [0.15, 0.2) is 24.3 Å². The van der Waals surface area contributed by atoms with E-state index in [1.165, 1.54) is 17.0 Å². The predicted molar refractivity (Wildman–Crippen MR) is 65.3 cm³/mol. The Bertz CT molecular complexity index is 457. The maximum Gasteiger partial charge on any atom is 0.183 e. The van der Waals surface area contributed by atoms with Crippen molar-refractivity contribution < 1.29 is 4.39 Å². The Morgan fingerprint density at radius 1 is 1.25 bits per heavy atom. The summed E-state index contributed by atoms with van der Waals surface area (Å²) in [7, 11) is 0. The molecule has 0 amide bonds. The normalized spacial score (nSPS) is 10.4. The minimum Gasteiger partial charge on any atom is -0.357 e. The molecule has 0 saturated carbocycles. The lowest BCUT2D eigenvalue weighted by molar-refractivity contribution is 0.627. The number of benzene rings is 1. The number of rotatable bonds is 3. The molecule has 16 heavy (non-hydrogen) atoms. The Morgan fingerprint density at radius 3 is 2.50 bits per heavy atom. The van der Waals surface area contributed by atoms with Gasteiger partial charge >= 0.3 is 0 Å². The number of aromatic nitrogens is 1. The van der Waals surface area contributed by atoms with Crippen molar-refractivity contribution in [1.82, 2.24) is 4.98 Å². The number of thiazole rings is 1. The molecule has 0 aliphatic carbocycles. The van der Waals surface area contributed by atoms with E-state index in [0.717, 1.165) is 16.4 Å². The van der Waals surface area contributed by atoms with Crippen LogP contribution in [0.5, 0.6) is 0 Å². The monoisotopic (exact) mass is 236 g/mol. The highest BCUT2D eigenvalue weighted by molar-refractivity contribution is 7.15. The van der Waals surface area contributed by atoms with Gasteiger partial charge in [0, 0.05) is 11.4 Å². The summed E-state index contributed by atoms with van der Waals surface area (Å²) < 4.78 is 12.7. The van der Waals surface area contributed by atoms with Gasteiger partial charge in [-0.2, -0.15) is 0 Å². The largest absolute Gasteiger partial charge is 0.357 e. The van der Waals surface area contributed by atoms with Crippen molar-refractivity contribution in [3.8, 4) is 0 Å². The second-order valence-corrected chi connectivity index (χ2v) is 4.84. The summed E-state index contributed by atoms with van der Waals surface area (Å²) in [5.74, 6) is -0.204. The SMILES string of the molecule is Cc1nc(NCc2ccc(F)cc2)sc1C. The van der Waals surface area contributed by atoms with E-state index in [9.17, 15) is 4.39 Å². The van der Waals surface area contributed by atoms with E-state index in [0.29, 0.717) is 6.54 Å². The van der Waals surface area contributed by atoms with Crippen molar-refractivity contribution in [2.75, 3.05) is 5.32 Å². The number of halogens is 1. The second kappa shape index (κ2) is 4.61. The molecule has 0 radical (unpaired) electrons. The Hall–Kier alpha value is -1.42. The Kier molecular flexibility index (Phi) is 3.19. The fraction of sp³-hybridized carbons (Fsp3) is 0.250. The molecule has 2 nitrogen and oxygen atoms in total. The molecule has 84 valence electrons. The van der Waals surface area contributed by atoms with Crippen molar-refractivity contribution in [3.05, 3.63) is 46.2 Å². The standard InChI is InChI=1S/C12H13FN2S/c1-8-9(2)16-12(15-8)14-7-10-3-5-11(13)6-4-10/h3-6H,7H2,1-2H3,(H,14,15). The van der Waals surface area contributed by atoms with Gasteiger partial charge in [-0.3, -0.25) is 0 Å². The highest BCUT2D eigenvalue weighted by Gasteiger charge is 2.02. The van der Waals surface area contributed by atoms with Crippen LogP contribution in [0.4, 0.5) is 9.52 Å². The van der Waals surface area contributed by atoms with E-state index in [2.05, 4.69) is 17.2 Å². The van der Waals surface area contributed by atoms with Crippen LogP contribution in [-0.4, -0.2) is 4.98 Å². The van der Waals surface area contributed by atoms with Crippen LogP contribution in [0.2, 0.25) is 0 Å². The summed E-state index contributed by atoms with van der Waals surface area (Å²) in [5, 5.41) is 4.14. The van der Waals surface area contributed by atoms with Gasteiger partial charge in [0.15, 0.2) is 5.13 Å². The van der Waals surface area contributed by atoms with Gasteiger partial charge in [-0.05, 0) is 31.5 Å².